The van der Waals surface area contributed by atoms with Gasteiger partial charge < -0.3 is 10.3 Å². The molecule has 0 unspecified atom stereocenters. The van der Waals surface area contributed by atoms with Crippen LogP contribution in [0.3, 0.4) is 0 Å². The summed E-state index contributed by atoms with van der Waals surface area (Å²) in [6, 6.07) is 16.9. The number of nitrogens with zero attached hydrogens (tertiary/aromatic N) is 2. The van der Waals surface area contributed by atoms with E-state index in [4.69, 9.17) is 5.73 Å². The van der Waals surface area contributed by atoms with Crippen molar-refractivity contribution in [1.82, 2.24) is 9.55 Å². The molecule has 0 spiro atoms. The Hall–Kier alpha value is -2.23. The molecule has 1 amide bonds. The van der Waals surface area contributed by atoms with E-state index < -0.39 is 5.91 Å². The van der Waals surface area contributed by atoms with Gasteiger partial charge in [-0.3, -0.25) is 9.78 Å². The second-order valence-electron chi connectivity index (χ2n) is 5.40. The summed E-state index contributed by atoms with van der Waals surface area (Å²) in [4.78, 5) is 16.0. The molecule has 3 aromatic rings. The second-order valence-corrected chi connectivity index (χ2v) is 5.40. The van der Waals surface area contributed by atoms with Crippen molar-refractivity contribution in [3.63, 3.8) is 0 Å². The maximum absolute atomic E-state index is 11.6. The molecule has 4 nitrogen and oxygen atoms in total. The summed E-state index contributed by atoms with van der Waals surface area (Å²) in [5, 5.41) is 0. The summed E-state index contributed by atoms with van der Waals surface area (Å²) in [5.74, 6) is 0.135. The van der Waals surface area contributed by atoms with E-state index in [9.17, 15) is 4.79 Å². The number of benzene rings is 2. The van der Waals surface area contributed by atoms with Gasteiger partial charge in [-0.25, -0.2) is 0 Å². The molecule has 24 heavy (non-hydrogen) atoms. The van der Waals surface area contributed by atoms with Crippen LogP contribution in [0.5, 0.6) is 0 Å². The summed E-state index contributed by atoms with van der Waals surface area (Å²) < 4.78 is 1.94. The first kappa shape index (κ1) is 18.1. The quantitative estimate of drug-likeness (QED) is 0.564. The van der Waals surface area contributed by atoms with Crippen LogP contribution in [-0.2, 0) is 26.5 Å². The van der Waals surface area contributed by atoms with Crippen LogP contribution in [-0.4, -0.2) is 15.5 Å². The zero-order valence-corrected chi connectivity index (χ0v) is 15.9. The number of aryl methyl sites for hydroxylation is 2. The Labute approximate surface area is 155 Å². The van der Waals surface area contributed by atoms with E-state index >= 15 is 0 Å². The number of para-hydroxylation sites is 1. The largest absolute Gasteiger partial charge is 0.364 e. The number of rotatable bonds is 4. The minimum atomic E-state index is -0.535. The van der Waals surface area contributed by atoms with Crippen molar-refractivity contribution in [3.05, 3.63) is 71.5 Å². The van der Waals surface area contributed by atoms with Gasteiger partial charge in [0.2, 0.25) is 0 Å². The van der Waals surface area contributed by atoms with Crippen LogP contribution >= 0.6 is 0 Å². The van der Waals surface area contributed by atoms with Gasteiger partial charge >= 0.3 is 0 Å². The third-order valence-electron chi connectivity index (χ3n) is 3.85. The number of aromatic nitrogens is 2. The Balaban J connectivity index is 0.00000208. The van der Waals surface area contributed by atoms with Crippen LogP contribution in [0.2, 0.25) is 0 Å². The number of imidazole rings is 1. The Morgan fingerprint density at radius 2 is 2.04 bits per heavy atom. The molecule has 0 saturated carbocycles. The third kappa shape index (κ3) is 3.32. The number of amides is 1. The first-order valence-corrected chi connectivity index (χ1v) is 7.57. The smallest absolute Gasteiger partial charge is 0.267 e. The molecule has 0 bridgehead atoms. The van der Waals surface area contributed by atoms with Crippen LogP contribution in [0, 0.1) is 13.0 Å². The molecular formula is C19H18IrN3O-. The van der Waals surface area contributed by atoms with Crippen molar-refractivity contribution in [2.45, 2.75) is 20.3 Å². The monoisotopic (exact) mass is 497 g/mol. The summed E-state index contributed by atoms with van der Waals surface area (Å²) in [7, 11) is 0. The van der Waals surface area contributed by atoms with Crippen LogP contribution < -0.4 is 5.73 Å². The van der Waals surface area contributed by atoms with Gasteiger partial charge in [0.1, 0.15) is 5.69 Å². The standard InChI is InChI=1S/C19H18N3O.Ir/c1-3-14-11-7-8-13(2)17(14)22-12-16(18(20)23)21-19(22)15-9-5-4-6-10-15;/h4-9,11-12H,3H2,1-2H3,(H2,20,23);/q-1;. The van der Waals surface area contributed by atoms with Gasteiger partial charge in [-0.2, -0.15) is 0 Å². The van der Waals surface area contributed by atoms with Crippen molar-refractivity contribution < 1.29 is 24.9 Å². The van der Waals surface area contributed by atoms with Gasteiger partial charge in [-0.1, -0.05) is 25.1 Å². The molecule has 0 saturated heterocycles. The van der Waals surface area contributed by atoms with Crippen molar-refractivity contribution in [1.29, 1.82) is 0 Å². The molecule has 1 aromatic heterocycles. The fourth-order valence-corrected chi connectivity index (χ4v) is 2.74. The normalized spacial score (nSPS) is 10.2. The molecule has 3 rings (SSSR count). The van der Waals surface area contributed by atoms with Gasteiger partial charge in [0, 0.05) is 32.0 Å². The molecular weight excluding hydrogens is 478 g/mol. The molecule has 0 fully saturated rings. The Morgan fingerprint density at radius 1 is 1.25 bits per heavy atom. The molecule has 0 aliphatic carbocycles. The molecule has 2 aromatic carbocycles. The number of hydrogen-bond donors (Lipinski definition) is 1. The topological polar surface area (TPSA) is 60.9 Å². The van der Waals surface area contributed by atoms with E-state index in [0.29, 0.717) is 5.82 Å². The average Bonchev–Trinajstić information content (AvgIpc) is 3.00. The average molecular weight is 497 g/mol. The second kappa shape index (κ2) is 7.56. The summed E-state index contributed by atoms with van der Waals surface area (Å²) in [6.07, 6.45) is 2.60. The maximum atomic E-state index is 11.6. The summed E-state index contributed by atoms with van der Waals surface area (Å²) >= 11 is 0. The predicted octanol–water partition coefficient (Wildman–Crippen LogP) is 3.31. The summed E-state index contributed by atoms with van der Waals surface area (Å²) in [5.41, 5.74) is 9.87. The zero-order chi connectivity index (χ0) is 16.4. The molecule has 0 aliphatic heterocycles. The number of primary amides is 1. The first-order chi connectivity index (χ1) is 11.1. The van der Waals surface area contributed by atoms with Crippen molar-refractivity contribution >= 4 is 5.91 Å². The van der Waals surface area contributed by atoms with Crippen LogP contribution in [0.1, 0.15) is 28.5 Å². The molecule has 2 N–H and O–H groups in total. The van der Waals surface area contributed by atoms with Crippen molar-refractivity contribution in [3.8, 4) is 17.1 Å². The number of carbonyl (C=O) groups excluding carboxylic acids is 1. The number of carbonyl (C=O) groups is 1. The van der Waals surface area contributed by atoms with Gasteiger partial charge in [-0.15, -0.1) is 35.9 Å². The SMILES string of the molecule is CCc1cccc(C)c1-n1cc(C(N)=O)nc1-c1[c-]cccc1.[Ir]. The van der Waals surface area contributed by atoms with Crippen molar-refractivity contribution in [2.24, 2.45) is 5.73 Å². The third-order valence-corrected chi connectivity index (χ3v) is 3.85. The minimum absolute atomic E-state index is 0. The van der Waals surface area contributed by atoms with E-state index in [-0.39, 0.29) is 25.8 Å². The zero-order valence-electron chi connectivity index (χ0n) is 13.5. The fraction of sp³-hybridized carbons (Fsp3) is 0.158. The van der Waals surface area contributed by atoms with Crippen LogP contribution in [0.15, 0.2) is 48.7 Å². The molecule has 5 heteroatoms. The van der Waals surface area contributed by atoms with Crippen LogP contribution in [0.4, 0.5) is 0 Å². The fourth-order valence-electron chi connectivity index (χ4n) is 2.74. The number of nitrogens with two attached hydrogens (primary N) is 1. The van der Waals surface area contributed by atoms with E-state index in [0.717, 1.165) is 23.2 Å². The van der Waals surface area contributed by atoms with Gasteiger partial charge in [0.15, 0.2) is 0 Å². The van der Waals surface area contributed by atoms with E-state index in [2.05, 4.69) is 37.0 Å². The van der Waals surface area contributed by atoms with E-state index in [1.807, 2.05) is 34.9 Å². The van der Waals surface area contributed by atoms with Crippen LogP contribution in [0.25, 0.3) is 17.1 Å². The molecule has 0 aliphatic rings. The van der Waals surface area contributed by atoms with E-state index in [1.165, 1.54) is 5.56 Å². The molecule has 1 heterocycles. The first-order valence-electron chi connectivity index (χ1n) is 7.57. The van der Waals surface area contributed by atoms with E-state index in [1.54, 1.807) is 6.20 Å². The van der Waals surface area contributed by atoms with Gasteiger partial charge in [0.05, 0.1) is 5.82 Å². The van der Waals surface area contributed by atoms with Crippen molar-refractivity contribution in [2.75, 3.05) is 0 Å². The van der Waals surface area contributed by atoms with Gasteiger partial charge in [-0.05, 0) is 24.5 Å². The predicted molar refractivity (Wildman–Crippen MR) is 90.5 cm³/mol. The Morgan fingerprint density at radius 3 is 2.67 bits per heavy atom. The Kier molecular flexibility index (Phi) is 5.70. The minimum Gasteiger partial charge on any atom is -0.364 e. The molecule has 1 radical (unpaired) electrons. The molecule has 0 atom stereocenters. The maximum Gasteiger partial charge on any atom is 0.267 e. The number of hydrogen-bond acceptors (Lipinski definition) is 2. The Bertz CT molecular complexity index is 856. The summed E-state index contributed by atoms with van der Waals surface area (Å²) in [6.45, 7) is 4.16. The van der Waals surface area contributed by atoms with Gasteiger partial charge in [0.25, 0.3) is 5.91 Å². The molecule has 125 valence electrons.